The molecule has 1 fully saturated rings. The summed E-state index contributed by atoms with van der Waals surface area (Å²) in [6.07, 6.45) is 2.37. The number of nitrogens with zero attached hydrogens (tertiary/aromatic N) is 3. The Balaban J connectivity index is 2.02. The quantitative estimate of drug-likeness (QED) is 0.590. The minimum atomic E-state index is -0.885. The molecule has 0 unspecified atom stereocenters. The van der Waals surface area contributed by atoms with Crippen LogP contribution in [0.3, 0.4) is 0 Å². The summed E-state index contributed by atoms with van der Waals surface area (Å²) in [4.78, 5) is 36.0. The van der Waals surface area contributed by atoms with Crippen LogP contribution in [0.25, 0.3) is 0 Å². The van der Waals surface area contributed by atoms with Crippen molar-refractivity contribution in [3.05, 3.63) is 0 Å². The molecule has 120 valence electrons. The molecule has 0 bridgehead atoms. The second-order valence-electron chi connectivity index (χ2n) is 4.81. The number of carbonyl (C=O) groups excluding carboxylic acids is 3. The fraction of sp³-hybridized carbons (Fsp3) is 0.583. The van der Waals surface area contributed by atoms with Crippen LogP contribution < -0.4 is 16.0 Å². The number of thioether (sulfide) groups is 1. The summed E-state index contributed by atoms with van der Waals surface area (Å²) in [6, 6.07) is -0.669. The molecule has 8 nitrogen and oxygen atoms in total. The van der Waals surface area contributed by atoms with Crippen molar-refractivity contribution in [2.24, 2.45) is 5.73 Å². The number of anilines is 1. The number of primary amides is 1. The molecule has 1 heterocycles. The molecule has 22 heavy (non-hydrogen) atoms. The predicted octanol–water partition coefficient (Wildman–Crippen LogP) is 1.12. The van der Waals surface area contributed by atoms with Crippen molar-refractivity contribution in [1.29, 1.82) is 0 Å². The third-order valence-electron chi connectivity index (χ3n) is 2.98. The zero-order valence-corrected chi connectivity index (χ0v) is 13.9. The summed E-state index contributed by atoms with van der Waals surface area (Å²) in [5, 5.41) is 10.1. The Hall–Kier alpha value is -1.68. The molecular formula is C12H17N5O3S2. The van der Waals surface area contributed by atoms with Crippen molar-refractivity contribution in [3.8, 4) is 0 Å². The number of nitrogens with one attached hydrogen (secondary N) is 1. The maximum Gasteiger partial charge on any atom is 0.318 e. The maximum atomic E-state index is 12.0. The van der Waals surface area contributed by atoms with Gasteiger partial charge >= 0.3 is 6.03 Å². The Labute approximate surface area is 135 Å². The highest BCUT2D eigenvalue weighted by Crippen LogP contribution is 2.37. The topological polar surface area (TPSA) is 118 Å². The lowest BCUT2D eigenvalue weighted by Crippen LogP contribution is -2.39. The highest BCUT2D eigenvalue weighted by molar-refractivity contribution is 8.02. The Morgan fingerprint density at radius 2 is 2.14 bits per heavy atom. The maximum absolute atomic E-state index is 12.0. The number of hydrogen-bond acceptors (Lipinski definition) is 7. The van der Waals surface area contributed by atoms with Crippen LogP contribution in [-0.2, 0) is 9.59 Å². The van der Waals surface area contributed by atoms with Crippen LogP contribution in [0, 0.1) is 0 Å². The summed E-state index contributed by atoms with van der Waals surface area (Å²) in [6.45, 7) is 3.45. The van der Waals surface area contributed by atoms with E-state index in [4.69, 9.17) is 5.73 Å². The molecule has 1 atom stereocenters. The van der Waals surface area contributed by atoms with Gasteiger partial charge in [0, 0.05) is 12.5 Å². The van der Waals surface area contributed by atoms with Gasteiger partial charge in [-0.1, -0.05) is 30.0 Å². The zero-order valence-electron chi connectivity index (χ0n) is 12.2. The molecular weight excluding hydrogens is 326 g/mol. The molecule has 0 spiro atoms. The third kappa shape index (κ3) is 4.17. The van der Waals surface area contributed by atoms with Crippen LogP contribution in [0.2, 0.25) is 0 Å². The number of imide groups is 1. The van der Waals surface area contributed by atoms with Gasteiger partial charge in [-0.05, 0) is 19.8 Å². The standard InChI is InChI=1S/C12H17N5O3S2/c1-3-8(18)17(7-4-5-7)11-15-16-12(22-11)21-6(2)9(19)14-10(13)20/h6-7H,3-5H2,1-2H3,(H3,13,14,19,20)/t6-/m1/s1. The first-order chi connectivity index (χ1) is 10.4. The molecule has 0 aromatic carbocycles. The van der Waals surface area contributed by atoms with E-state index in [1.807, 2.05) is 12.2 Å². The monoisotopic (exact) mass is 343 g/mol. The van der Waals surface area contributed by atoms with E-state index in [0.717, 1.165) is 12.8 Å². The SMILES string of the molecule is CCC(=O)N(c1nnc(S[C@H](C)C(=O)NC(N)=O)s1)C1CC1. The first-order valence-corrected chi connectivity index (χ1v) is 8.54. The fourth-order valence-corrected chi connectivity index (χ4v) is 3.82. The van der Waals surface area contributed by atoms with Gasteiger partial charge in [-0.3, -0.25) is 19.8 Å². The van der Waals surface area contributed by atoms with Crippen molar-refractivity contribution in [2.45, 2.75) is 48.7 Å². The molecule has 0 aliphatic heterocycles. The summed E-state index contributed by atoms with van der Waals surface area (Å²) in [5.74, 6) is -0.465. The largest absolute Gasteiger partial charge is 0.351 e. The van der Waals surface area contributed by atoms with E-state index in [9.17, 15) is 14.4 Å². The number of rotatable bonds is 6. The van der Waals surface area contributed by atoms with Gasteiger partial charge in [0.15, 0.2) is 4.34 Å². The predicted molar refractivity (Wildman–Crippen MR) is 83.8 cm³/mol. The summed E-state index contributed by atoms with van der Waals surface area (Å²) >= 11 is 2.44. The zero-order chi connectivity index (χ0) is 16.3. The highest BCUT2D eigenvalue weighted by Gasteiger charge is 2.35. The minimum Gasteiger partial charge on any atom is -0.351 e. The van der Waals surface area contributed by atoms with Crippen molar-refractivity contribution in [3.63, 3.8) is 0 Å². The van der Waals surface area contributed by atoms with Gasteiger partial charge in [0.1, 0.15) is 0 Å². The van der Waals surface area contributed by atoms with Crippen LogP contribution in [0.15, 0.2) is 4.34 Å². The molecule has 4 amide bonds. The summed E-state index contributed by atoms with van der Waals surface area (Å²) in [5.41, 5.74) is 4.91. The number of nitrogens with two attached hydrogens (primary N) is 1. The van der Waals surface area contributed by atoms with E-state index in [1.54, 1.807) is 11.8 Å². The normalized spacial score (nSPS) is 15.2. The lowest BCUT2D eigenvalue weighted by molar-refractivity contribution is -0.119. The lowest BCUT2D eigenvalue weighted by atomic mass is 10.4. The van der Waals surface area contributed by atoms with Gasteiger partial charge in [0.2, 0.25) is 16.9 Å². The van der Waals surface area contributed by atoms with Crippen LogP contribution in [0.5, 0.6) is 0 Å². The van der Waals surface area contributed by atoms with E-state index < -0.39 is 17.2 Å². The summed E-state index contributed by atoms with van der Waals surface area (Å²) in [7, 11) is 0. The number of urea groups is 1. The average molecular weight is 343 g/mol. The second-order valence-corrected chi connectivity index (χ2v) is 7.36. The Morgan fingerprint density at radius 1 is 1.45 bits per heavy atom. The smallest absolute Gasteiger partial charge is 0.318 e. The van der Waals surface area contributed by atoms with E-state index in [0.29, 0.717) is 15.9 Å². The Kier molecular flexibility index (Phi) is 5.35. The van der Waals surface area contributed by atoms with Gasteiger partial charge in [-0.15, -0.1) is 10.2 Å². The van der Waals surface area contributed by atoms with Gasteiger partial charge < -0.3 is 5.73 Å². The Bertz CT molecular complexity index is 587. The van der Waals surface area contributed by atoms with Crippen LogP contribution in [0.4, 0.5) is 9.93 Å². The van der Waals surface area contributed by atoms with Crippen molar-refractivity contribution in [2.75, 3.05) is 4.90 Å². The average Bonchev–Trinajstić information content (AvgIpc) is 3.18. The minimum absolute atomic E-state index is 0.0229. The molecule has 2 rings (SSSR count). The molecule has 3 N–H and O–H groups in total. The van der Waals surface area contributed by atoms with Crippen LogP contribution >= 0.6 is 23.1 Å². The molecule has 0 saturated heterocycles. The fourth-order valence-electron chi connectivity index (χ4n) is 1.74. The van der Waals surface area contributed by atoms with Gasteiger partial charge in [-0.25, -0.2) is 4.79 Å². The van der Waals surface area contributed by atoms with E-state index in [-0.39, 0.29) is 11.9 Å². The van der Waals surface area contributed by atoms with Crippen molar-refractivity contribution in [1.82, 2.24) is 15.5 Å². The number of aromatic nitrogens is 2. The van der Waals surface area contributed by atoms with E-state index in [1.165, 1.54) is 23.1 Å². The number of amides is 4. The molecule has 0 radical (unpaired) electrons. The van der Waals surface area contributed by atoms with Gasteiger partial charge in [-0.2, -0.15) is 0 Å². The molecule has 1 aromatic rings. The first-order valence-electron chi connectivity index (χ1n) is 6.84. The molecule has 10 heteroatoms. The Morgan fingerprint density at radius 3 is 2.68 bits per heavy atom. The van der Waals surface area contributed by atoms with E-state index in [2.05, 4.69) is 10.2 Å². The van der Waals surface area contributed by atoms with Gasteiger partial charge in [0.25, 0.3) is 0 Å². The van der Waals surface area contributed by atoms with Crippen LogP contribution in [-0.4, -0.2) is 39.3 Å². The molecule has 1 aliphatic carbocycles. The highest BCUT2D eigenvalue weighted by atomic mass is 32.2. The van der Waals surface area contributed by atoms with Crippen molar-refractivity contribution >= 4 is 46.1 Å². The first kappa shape index (κ1) is 16.7. The summed E-state index contributed by atoms with van der Waals surface area (Å²) < 4.78 is 0.566. The molecule has 1 aromatic heterocycles. The van der Waals surface area contributed by atoms with Crippen LogP contribution in [0.1, 0.15) is 33.1 Å². The third-order valence-corrected chi connectivity index (χ3v) is 5.09. The number of carbonyl (C=O) groups is 3. The molecule has 1 aliphatic rings. The second kappa shape index (κ2) is 7.05. The van der Waals surface area contributed by atoms with Gasteiger partial charge in [0.05, 0.1) is 5.25 Å². The molecule has 1 saturated carbocycles. The van der Waals surface area contributed by atoms with E-state index >= 15 is 0 Å². The number of hydrogen-bond donors (Lipinski definition) is 2. The van der Waals surface area contributed by atoms with Crippen molar-refractivity contribution < 1.29 is 14.4 Å². The lowest BCUT2D eigenvalue weighted by Gasteiger charge is -2.17.